The van der Waals surface area contributed by atoms with Gasteiger partial charge in [-0.2, -0.15) is 0 Å². The van der Waals surface area contributed by atoms with Crippen LogP contribution >= 0.6 is 15.9 Å². The van der Waals surface area contributed by atoms with Crippen LogP contribution in [0.2, 0.25) is 0 Å². The van der Waals surface area contributed by atoms with Crippen molar-refractivity contribution in [1.82, 2.24) is 0 Å². The van der Waals surface area contributed by atoms with Gasteiger partial charge in [-0.05, 0) is 52.2 Å². The average molecular weight is 527 g/mol. The molecule has 1 fully saturated rings. The molecule has 170 valence electrons. The van der Waals surface area contributed by atoms with Crippen LogP contribution in [0.1, 0.15) is 35.2 Å². The Hall–Kier alpha value is -2.50. The first-order chi connectivity index (χ1) is 15.1. The minimum atomic E-state index is -4.21. The smallest absolute Gasteiger partial charge is 0.342 e. The van der Waals surface area contributed by atoms with Gasteiger partial charge in [-0.3, -0.25) is 9.52 Å². The van der Waals surface area contributed by atoms with Crippen LogP contribution in [0.5, 0.6) is 0 Å². The SMILES string of the molecule is COC(=O)c1c(NS(=O)(=O)c2ccc(F)cc2Br)ccc2c1N(C(C)=O)C[C@@H]1OCC[C@H]21. The van der Waals surface area contributed by atoms with Gasteiger partial charge in [-0.1, -0.05) is 6.07 Å². The van der Waals surface area contributed by atoms with E-state index in [0.29, 0.717) is 12.3 Å². The molecule has 2 atom stereocenters. The molecule has 1 N–H and O–H groups in total. The summed E-state index contributed by atoms with van der Waals surface area (Å²) in [5.41, 5.74) is 0.928. The van der Waals surface area contributed by atoms with Crippen LogP contribution in [0.25, 0.3) is 0 Å². The summed E-state index contributed by atoms with van der Waals surface area (Å²) in [7, 11) is -3.03. The number of carbonyl (C=O) groups excluding carboxylic acids is 2. The fraction of sp³-hybridized carbons (Fsp3) is 0.333. The molecule has 8 nitrogen and oxygen atoms in total. The van der Waals surface area contributed by atoms with Gasteiger partial charge in [0.15, 0.2) is 0 Å². The number of rotatable bonds is 4. The second-order valence-electron chi connectivity index (χ2n) is 7.53. The Balaban J connectivity index is 1.88. The van der Waals surface area contributed by atoms with E-state index in [0.717, 1.165) is 30.2 Å². The highest BCUT2D eigenvalue weighted by molar-refractivity contribution is 9.10. The molecule has 1 amide bonds. The second kappa shape index (κ2) is 8.45. The van der Waals surface area contributed by atoms with Crippen molar-refractivity contribution >= 4 is 49.2 Å². The molecule has 0 saturated carbocycles. The number of hydrogen-bond donors (Lipinski definition) is 1. The molecule has 0 bridgehead atoms. The van der Waals surface area contributed by atoms with Gasteiger partial charge in [0.25, 0.3) is 10.0 Å². The molecule has 0 radical (unpaired) electrons. The number of sulfonamides is 1. The predicted molar refractivity (Wildman–Crippen MR) is 118 cm³/mol. The van der Waals surface area contributed by atoms with Gasteiger partial charge in [-0.25, -0.2) is 17.6 Å². The summed E-state index contributed by atoms with van der Waals surface area (Å²) in [6.07, 6.45) is 0.520. The van der Waals surface area contributed by atoms with Crippen LogP contribution in [-0.2, 0) is 24.3 Å². The molecule has 32 heavy (non-hydrogen) atoms. The third-order valence-electron chi connectivity index (χ3n) is 5.65. The van der Waals surface area contributed by atoms with Gasteiger partial charge in [0, 0.05) is 23.9 Å². The summed E-state index contributed by atoms with van der Waals surface area (Å²) < 4.78 is 52.7. The van der Waals surface area contributed by atoms with Crippen molar-refractivity contribution in [2.45, 2.75) is 30.3 Å². The molecule has 11 heteroatoms. The lowest BCUT2D eigenvalue weighted by atomic mass is 9.85. The molecular formula is C21H20BrFN2O6S. The number of benzene rings is 2. The summed E-state index contributed by atoms with van der Waals surface area (Å²) in [5, 5.41) is 0. The van der Waals surface area contributed by atoms with E-state index < -0.39 is 21.8 Å². The molecule has 2 aliphatic heterocycles. The highest BCUT2D eigenvalue weighted by Gasteiger charge is 2.42. The summed E-state index contributed by atoms with van der Waals surface area (Å²) in [6, 6.07) is 6.33. The van der Waals surface area contributed by atoms with E-state index >= 15 is 0 Å². The number of carbonyl (C=O) groups is 2. The molecule has 0 aliphatic carbocycles. The lowest BCUT2D eigenvalue weighted by Crippen LogP contribution is -2.43. The average Bonchev–Trinajstić information content (AvgIpc) is 3.20. The molecule has 4 rings (SSSR count). The van der Waals surface area contributed by atoms with E-state index in [1.807, 2.05) is 0 Å². The zero-order valence-electron chi connectivity index (χ0n) is 17.2. The summed E-state index contributed by atoms with van der Waals surface area (Å²) in [5.74, 6) is -1.74. The van der Waals surface area contributed by atoms with Crippen LogP contribution in [-0.4, -0.2) is 46.7 Å². The Morgan fingerprint density at radius 2 is 2.03 bits per heavy atom. The number of amides is 1. The number of nitrogens with zero attached hydrogens (tertiary/aromatic N) is 1. The zero-order valence-corrected chi connectivity index (χ0v) is 19.6. The van der Waals surface area contributed by atoms with E-state index in [9.17, 15) is 22.4 Å². The normalized spacial score (nSPS) is 19.8. The first-order valence-electron chi connectivity index (χ1n) is 9.77. The van der Waals surface area contributed by atoms with Gasteiger partial charge in [-0.15, -0.1) is 0 Å². The monoisotopic (exact) mass is 526 g/mol. The Labute approximate surface area is 192 Å². The fourth-order valence-corrected chi connectivity index (χ4v) is 6.35. The lowest BCUT2D eigenvalue weighted by Gasteiger charge is -2.37. The summed E-state index contributed by atoms with van der Waals surface area (Å²) >= 11 is 3.06. The first kappa shape index (κ1) is 22.7. The minimum Gasteiger partial charge on any atom is -0.465 e. The molecule has 0 unspecified atom stereocenters. The largest absolute Gasteiger partial charge is 0.465 e. The zero-order chi connectivity index (χ0) is 23.2. The van der Waals surface area contributed by atoms with Crippen molar-refractivity contribution in [1.29, 1.82) is 0 Å². The fourth-order valence-electron chi connectivity index (χ4n) is 4.23. The third-order valence-corrected chi connectivity index (χ3v) is 7.99. The van der Waals surface area contributed by atoms with Crippen molar-refractivity contribution in [3.63, 3.8) is 0 Å². The lowest BCUT2D eigenvalue weighted by molar-refractivity contribution is -0.117. The van der Waals surface area contributed by atoms with Crippen LogP contribution in [0.15, 0.2) is 39.7 Å². The number of ether oxygens (including phenoxy) is 2. The molecule has 2 heterocycles. The number of hydrogen-bond acceptors (Lipinski definition) is 6. The Morgan fingerprint density at radius 1 is 1.28 bits per heavy atom. The quantitative estimate of drug-likeness (QED) is 0.612. The number of fused-ring (bicyclic) bond motifs is 3. The molecular weight excluding hydrogens is 507 g/mol. The van der Waals surface area contributed by atoms with Crippen molar-refractivity contribution in [2.75, 3.05) is 29.9 Å². The minimum absolute atomic E-state index is 0.0267. The van der Waals surface area contributed by atoms with Gasteiger partial charge in [0.05, 0.1) is 31.1 Å². The van der Waals surface area contributed by atoms with Gasteiger partial charge >= 0.3 is 5.97 Å². The Kier molecular flexibility index (Phi) is 5.99. The van der Waals surface area contributed by atoms with Crippen LogP contribution < -0.4 is 9.62 Å². The van der Waals surface area contributed by atoms with Crippen LogP contribution in [0.4, 0.5) is 15.8 Å². The van der Waals surface area contributed by atoms with E-state index in [1.165, 1.54) is 25.0 Å². The van der Waals surface area contributed by atoms with Crippen LogP contribution in [0, 0.1) is 5.82 Å². The number of anilines is 2. The molecule has 2 aliphatic rings. The molecule has 2 aromatic rings. The maximum absolute atomic E-state index is 13.4. The van der Waals surface area contributed by atoms with E-state index in [4.69, 9.17) is 9.47 Å². The first-order valence-corrected chi connectivity index (χ1v) is 12.0. The van der Waals surface area contributed by atoms with Crippen molar-refractivity contribution in [2.24, 2.45) is 0 Å². The highest BCUT2D eigenvalue weighted by Crippen LogP contribution is 2.46. The van der Waals surface area contributed by atoms with Gasteiger partial charge in [0.1, 0.15) is 16.3 Å². The van der Waals surface area contributed by atoms with E-state index in [2.05, 4.69) is 20.7 Å². The highest BCUT2D eigenvalue weighted by atomic mass is 79.9. The molecule has 0 aromatic heterocycles. The topological polar surface area (TPSA) is 102 Å². The number of methoxy groups -OCH3 is 1. The molecule has 1 saturated heterocycles. The molecule has 2 aromatic carbocycles. The molecule has 0 spiro atoms. The summed E-state index contributed by atoms with van der Waals surface area (Å²) in [6.45, 7) is 2.14. The van der Waals surface area contributed by atoms with Gasteiger partial charge < -0.3 is 14.4 Å². The Bertz CT molecular complexity index is 1220. The van der Waals surface area contributed by atoms with E-state index in [-0.39, 0.29) is 45.1 Å². The second-order valence-corrected chi connectivity index (χ2v) is 10.0. The van der Waals surface area contributed by atoms with Gasteiger partial charge in [0.2, 0.25) is 5.91 Å². The Morgan fingerprint density at radius 3 is 2.69 bits per heavy atom. The van der Waals surface area contributed by atoms with Crippen LogP contribution in [0.3, 0.4) is 0 Å². The maximum atomic E-state index is 13.4. The van der Waals surface area contributed by atoms with E-state index in [1.54, 1.807) is 6.07 Å². The maximum Gasteiger partial charge on any atom is 0.342 e. The van der Waals surface area contributed by atoms with Crippen molar-refractivity contribution in [3.8, 4) is 0 Å². The number of halogens is 2. The number of nitrogens with one attached hydrogen (secondary N) is 1. The predicted octanol–water partition coefficient (Wildman–Crippen LogP) is 3.41. The summed E-state index contributed by atoms with van der Waals surface area (Å²) in [4.78, 5) is 26.5. The van der Waals surface area contributed by atoms with Crippen molar-refractivity contribution < 1.29 is 31.9 Å². The standard InChI is InChI=1S/C21H20BrFN2O6S/c1-11(26)25-10-17-13(7-8-31-17)14-4-5-16(19(20(14)25)21(27)30-2)24-32(28,29)18-6-3-12(23)9-15(18)22/h3-6,9,13,17,24H,7-8,10H2,1-2H3/t13-,17+/m1/s1. The number of esters is 1. The third kappa shape index (κ3) is 3.89. The van der Waals surface area contributed by atoms with Crippen molar-refractivity contribution in [3.05, 3.63) is 51.7 Å².